The van der Waals surface area contributed by atoms with Crippen LogP contribution in [0, 0.1) is 11.8 Å². The van der Waals surface area contributed by atoms with E-state index in [9.17, 15) is 9.67 Å². The largest absolute Gasteiger partial charge is 0.392 e. The molecule has 21 heavy (non-hydrogen) atoms. The minimum atomic E-state index is -3.26. The Morgan fingerprint density at radius 2 is 1.57 bits per heavy atom. The van der Waals surface area contributed by atoms with Gasteiger partial charge in [0, 0.05) is 10.9 Å². The number of aliphatic hydroxyl groups excluding tert-OH is 1. The Labute approximate surface area is 131 Å². The lowest BCUT2D eigenvalue weighted by Gasteiger charge is -2.30. The molecule has 0 unspecified atom stereocenters. The van der Waals surface area contributed by atoms with Gasteiger partial charge < -0.3 is 14.2 Å². The van der Waals surface area contributed by atoms with Crippen molar-refractivity contribution in [3.63, 3.8) is 0 Å². The molecule has 0 aromatic rings. The molecule has 0 aromatic carbocycles. The van der Waals surface area contributed by atoms with Crippen LogP contribution < -0.4 is 0 Å². The van der Waals surface area contributed by atoms with Crippen molar-refractivity contribution in [2.75, 3.05) is 13.2 Å². The van der Waals surface area contributed by atoms with E-state index in [0.29, 0.717) is 13.2 Å². The number of rotatable bonds is 9. The first-order valence-corrected chi connectivity index (χ1v) is 12.8. The zero-order chi connectivity index (χ0) is 16.8. The lowest BCUT2D eigenvalue weighted by Crippen LogP contribution is -2.29. The molecule has 0 aliphatic carbocycles. The zero-order valence-corrected chi connectivity index (χ0v) is 16.7. The average Bonchev–Trinajstić information content (AvgIpc) is 2.33. The molecular formula is C15H33O4PSi. The zero-order valence-electron chi connectivity index (χ0n) is 14.8. The lowest BCUT2D eigenvalue weighted by molar-refractivity contribution is 0.0910. The molecule has 0 fully saturated rings. The standard InChI is InChI=1S/C15H33O4PSi/c1-9-18-20(17,19-10-2)14(21(6,7)8)11-13(5)15(16)12(3)4/h11-13,15-16H,9-10H2,1-8H3/b14-11+/t13-,15+/m1/s1. The molecule has 2 atom stereocenters. The molecule has 0 saturated heterocycles. The van der Waals surface area contributed by atoms with E-state index in [2.05, 4.69) is 19.6 Å². The molecular weight excluding hydrogens is 303 g/mol. The summed E-state index contributed by atoms with van der Waals surface area (Å²) in [5.74, 6) is 0.0682. The van der Waals surface area contributed by atoms with Crippen molar-refractivity contribution < 1.29 is 18.7 Å². The van der Waals surface area contributed by atoms with E-state index in [1.165, 1.54) is 0 Å². The second-order valence-electron chi connectivity index (χ2n) is 6.73. The van der Waals surface area contributed by atoms with Crippen molar-refractivity contribution in [3.05, 3.63) is 11.0 Å². The van der Waals surface area contributed by atoms with Gasteiger partial charge in [-0.25, -0.2) is 0 Å². The third-order valence-electron chi connectivity index (χ3n) is 3.30. The van der Waals surface area contributed by atoms with Gasteiger partial charge >= 0.3 is 7.60 Å². The molecule has 0 amide bonds. The fourth-order valence-electron chi connectivity index (χ4n) is 2.22. The van der Waals surface area contributed by atoms with Crippen LogP contribution in [0.25, 0.3) is 0 Å². The Morgan fingerprint density at radius 1 is 1.14 bits per heavy atom. The van der Waals surface area contributed by atoms with Gasteiger partial charge in [-0.05, 0) is 19.8 Å². The Kier molecular flexibility index (Phi) is 8.66. The molecule has 0 bridgehead atoms. The van der Waals surface area contributed by atoms with E-state index in [1.54, 1.807) is 0 Å². The third-order valence-corrected chi connectivity index (χ3v) is 9.78. The van der Waals surface area contributed by atoms with Crippen molar-refractivity contribution in [3.8, 4) is 0 Å². The topological polar surface area (TPSA) is 55.8 Å². The van der Waals surface area contributed by atoms with Gasteiger partial charge in [0.2, 0.25) is 0 Å². The van der Waals surface area contributed by atoms with Gasteiger partial charge in [-0.1, -0.05) is 46.5 Å². The first-order chi connectivity index (χ1) is 9.49. The van der Waals surface area contributed by atoms with E-state index in [-0.39, 0.29) is 11.8 Å². The highest BCUT2D eigenvalue weighted by atomic mass is 31.2. The van der Waals surface area contributed by atoms with Gasteiger partial charge in [0.15, 0.2) is 0 Å². The lowest BCUT2D eigenvalue weighted by atomic mass is 9.95. The van der Waals surface area contributed by atoms with Gasteiger partial charge in [-0.2, -0.15) is 0 Å². The maximum absolute atomic E-state index is 13.1. The van der Waals surface area contributed by atoms with Gasteiger partial charge in [-0.3, -0.25) is 4.57 Å². The second-order valence-corrected chi connectivity index (χ2v) is 14.2. The monoisotopic (exact) mass is 336 g/mol. The van der Waals surface area contributed by atoms with Crippen LogP contribution in [0.15, 0.2) is 11.0 Å². The summed E-state index contributed by atoms with van der Waals surface area (Å²) >= 11 is 0. The summed E-state index contributed by atoms with van der Waals surface area (Å²) in [7, 11) is -5.17. The Hall–Kier alpha value is 0.0669. The van der Waals surface area contributed by atoms with Crippen LogP contribution >= 0.6 is 7.60 Å². The van der Waals surface area contributed by atoms with Crippen LogP contribution in [0.1, 0.15) is 34.6 Å². The van der Waals surface area contributed by atoms with E-state index in [0.717, 1.165) is 4.94 Å². The highest BCUT2D eigenvalue weighted by molar-refractivity contribution is 7.62. The van der Waals surface area contributed by atoms with Gasteiger partial charge in [0.25, 0.3) is 0 Å². The molecule has 4 nitrogen and oxygen atoms in total. The van der Waals surface area contributed by atoms with Crippen molar-refractivity contribution in [2.45, 2.75) is 60.4 Å². The summed E-state index contributed by atoms with van der Waals surface area (Å²) in [4.78, 5) is 0.783. The van der Waals surface area contributed by atoms with Crippen LogP contribution in [-0.2, 0) is 13.6 Å². The molecule has 6 heteroatoms. The van der Waals surface area contributed by atoms with Crippen molar-refractivity contribution in [1.82, 2.24) is 0 Å². The summed E-state index contributed by atoms with van der Waals surface area (Å²) in [6.07, 6.45) is 1.47. The summed E-state index contributed by atoms with van der Waals surface area (Å²) < 4.78 is 24.2. The van der Waals surface area contributed by atoms with E-state index >= 15 is 0 Å². The number of hydrogen-bond donors (Lipinski definition) is 1. The summed E-state index contributed by atoms with van der Waals surface area (Å²) in [5.41, 5.74) is 0. The van der Waals surface area contributed by atoms with Crippen LogP contribution in [0.4, 0.5) is 0 Å². The molecule has 1 N–H and O–H groups in total. The van der Waals surface area contributed by atoms with Crippen LogP contribution in [0.2, 0.25) is 19.6 Å². The summed E-state index contributed by atoms with van der Waals surface area (Å²) in [6.45, 7) is 16.6. The molecule has 0 radical (unpaired) electrons. The quantitative estimate of drug-likeness (QED) is 0.491. The van der Waals surface area contributed by atoms with Crippen molar-refractivity contribution in [2.24, 2.45) is 11.8 Å². The van der Waals surface area contributed by atoms with E-state index in [4.69, 9.17) is 9.05 Å². The van der Waals surface area contributed by atoms with Gasteiger partial charge in [0.1, 0.15) is 0 Å². The highest BCUT2D eigenvalue weighted by Gasteiger charge is 2.39. The number of aliphatic hydroxyl groups is 1. The van der Waals surface area contributed by atoms with Crippen molar-refractivity contribution in [1.29, 1.82) is 0 Å². The molecule has 0 heterocycles. The van der Waals surface area contributed by atoms with Crippen LogP contribution in [0.5, 0.6) is 0 Å². The minimum absolute atomic E-state index is 0.0824. The smallest absolute Gasteiger partial charge is 0.353 e. The highest BCUT2D eigenvalue weighted by Crippen LogP contribution is 2.59. The molecule has 126 valence electrons. The second kappa shape index (κ2) is 8.63. The van der Waals surface area contributed by atoms with E-state index in [1.807, 2.05) is 40.7 Å². The van der Waals surface area contributed by atoms with Gasteiger partial charge in [0.05, 0.1) is 27.4 Å². The van der Waals surface area contributed by atoms with Crippen LogP contribution in [-0.4, -0.2) is 32.5 Å². The maximum Gasteiger partial charge on any atom is 0.353 e. The van der Waals surface area contributed by atoms with Gasteiger partial charge in [-0.15, -0.1) is 0 Å². The molecule has 0 spiro atoms. The summed E-state index contributed by atoms with van der Waals surface area (Å²) in [5, 5.41) is 10.2. The predicted octanol–water partition coefficient (Wildman–Crippen LogP) is 4.67. The summed E-state index contributed by atoms with van der Waals surface area (Å²) in [6, 6.07) is 0. The fraction of sp³-hybridized carbons (Fsp3) is 0.867. The van der Waals surface area contributed by atoms with Crippen LogP contribution in [0.3, 0.4) is 0 Å². The first-order valence-electron chi connectivity index (χ1n) is 7.79. The first kappa shape index (κ1) is 21.1. The Bertz CT molecular complexity index is 378. The maximum atomic E-state index is 13.1. The average molecular weight is 336 g/mol. The predicted molar refractivity (Wildman–Crippen MR) is 92.3 cm³/mol. The fourth-order valence-corrected chi connectivity index (χ4v) is 8.11. The normalized spacial score (nSPS) is 17.1. The molecule has 0 aliphatic rings. The Balaban J connectivity index is 5.72. The Morgan fingerprint density at radius 3 is 1.86 bits per heavy atom. The molecule has 0 aromatic heterocycles. The minimum Gasteiger partial charge on any atom is -0.392 e. The van der Waals surface area contributed by atoms with E-state index < -0.39 is 21.8 Å². The third kappa shape index (κ3) is 6.37. The molecule has 0 rings (SSSR count). The SMILES string of the molecule is CCOP(=O)(OCC)/C(=C\[C@@H](C)[C@@H](O)C(C)C)[Si](C)(C)C. The van der Waals surface area contributed by atoms with Crippen molar-refractivity contribution >= 4 is 15.7 Å². The molecule has 0 saturated carbocycles. The molecule has 0 aliphatic heterocycles. The number of hydrogen-bond acceptors (Lipinski definition) is 4.